The van der Waals surface area contributed by atoms with Gasteiger partial charge in [-0.15, -0.1) is 0 Å². The van der Waals surface area contributed by atoms with Crippen LogP contribution in [0.15, 0.2) is 22.8 Å². The van der Waals surface area contributed by atoms with E-state index in [1.54, 1.807) is 6.92 Å². The highest BCUT2D eigenvalue weighted by Crippen LogP contribution is 2.40. The monoisotopic (exact) mass is 402 g/mol. The van der Waals surface area contributed by atoms with Crippen LogP contribution in [0.1, 0.15) is 35.7 Å². The van der Waals surface area contributed by atoms with E-state index in [1.807, 2.05) is 0 Å². The Morgan fingerprint density at radius 1 is 1.42 bits per heavy atom. The highest BCUT2D eigenvalue weighted by molar-refractivity contribution is 9.10. The number of fused-ring (bicyclic) bond motifs is 1. The van der Waals surface area contributed by atoms with Crippen LogP contribution in [0.3, 0.4) is 0 Å². The minimum atomic E-state index is -4.49. The summed E-state index contributed by atoms with van der Waals surface area (Å²) in [6.07, 6.45) is -1.32. The van der Waals surface area contributed by atoms with Crippen LogP contribution in [0.5, 0.6) is 0 Å². The Morgan fingerprint density at radius 2 is 2.12 bits per heavy atom. The molecule has 0 spiro atoms. The smallest absolute Gasteiger partial charge is 0.417 e. The van der Waals surface area contributed by atoms with E-state index in [9.17, 15) is 18.0 Å². The zero-order chi connectivity index (χ0) is 17.5. The molecule has 1 aromatic heterocycles. The average molecular weight is 403 g/mol. The third-order valence-corrected chi connectivity index (χ3v) is 4.34. The molecular formula is C16H14BrF3N2O2. The Bertz CT molecular complexity index is 804. The first kappa shape index (κ1) is 17.0. The van der Waals surface area contributed by atoms with Gasteiger partial charge in [0.1, 0.15) is 5.56 Å². The normalized spacial score (nSPS) is 14.7. The molecule has 128 valence electrons. The molecule has 1 heterocycles. The molecule has 24 heavy (non-hydrogen) atoms. The molecule has 3 rings (SSSR count). The van der Waals surface area contributed by atoms with Gasteiger partial charge in [0.25, 0.3) is 0 Å². The first-order chi connectivity index (χ1) is 11.3. The Labute approximate surface area is 144 Å². The summed E-state index contributed by atoms with van der Waals surface area (Å²) in [6, 6.07) is 2.54. The van der Waals surface area contributed by atoms with Crippen molar-refractivity contribution in [3.63, 3.8) is 0 Å². The molecule has 0 amide bonds. The number of benzene rings is 1. The highest BCUT2D eigenvalue weighted by Gasteiger charge is 2.34. The van der Waals surface area contributed by atoms with Gasteiger partial charge >= 0.3 is 12.1 Å². The van der Waals surface area contributed by atoms with E-state index in [-0.39, 0.29) is 28.2 Å². The summed E-state index contributed by atoms with van der Waals surface area (Å²) in [5.41, 5.74) is 0.0590. The Kier molecular flexibility index (Phi) is 4.42. The van der Waals surface area contributed by atoms with Gasteiger partial charge in [-0.05, 0) is 31.9 Å². The number of halogens is 4. The number of anilines is 1. The fraction of sp³-hybridized carbons (Fsp3) is 0.375. The maximum atomic E-state index is 13.1. The molecule has 1 aliphatic carbocycles. The van der Waals surface area contributed by atoms with Crippen molar-refractivity contribution >= 4 is 38.5 Å². The van der Waals surface area contributed by atoms with Crippen molar-refractivity contribution in [1.29, 1.82) is 0 Å². The fourth-order valence-electron chi connectivity index (χ4n) is 2.38. The number of carbonyl (C=O) groups is 1. The van der Waals surface area contributed by atoms with Crippen LogP contribution in [-0.2, 0) is 10.9 Å². The lowest BCUT2D eigenvalue weighted by atomic mass is 10.1. The van der Waals surface area contributed by atoms with Crippen LogP contribution in [0, 0.1) is 0 Å². The zero-order valence-corrected chi connectivity index (χ0v) is 14.3. The van der Waals surface area contributed by atoms with Crippen LogP contribution in [0.4, 0.5) is 18.9 Å². The van der Waals surface area contributed by atoms with Gasteiger partial charge in [0, 0.05) is 22.1 Å². The van der Waals surface area contributed by atoms with Crippen molar-refractivity contribution in [2.24, 2.45) is 0 Å². The van der Waals surface area contributed by atoms with E-state index in [0.717, 1.165) is 18.9 Å². The second-order valence-corrected chi connectivity index (χ2v) is 6.39. The zero-order valence-electron chi connectivity index (χ0n) is 12.7. The third kappa shape index (κ3) is 3.33. The lowest BCUT2D eigenvalue weighted by molar-refractivity contribution is -0.138. The summed E-state index contributed by atoms with van der Waals surface area (Å²) < 4.78 is 44.1. The number of carbonyl (C=O) groups excluding carboxylic acids is 1. The molecule has 8 heteroatoms. The number of ether oxygens (including phenoxy) is 1. The number of nitrogens with one attached hydrogen (secondary N) is 1. The van der Waals surface area contributed by atoms with Gasteiger partial charge in [-0.25, -0.2) is 4.79 Å². The van der Waals surface area contributed by atoms with E-state index in [0.29, 0.717) is 11.1 Å². The molecule has 0 aliphatic heterocycles. The maximum Gasteiger partial charge on any atom is 0.417 e. The number of pyridine rings is 1. The number of alkyl halides is 3. The second kappa shape index (κ2) is 6.23. The quantitative estimate of drug-likeness (QED) is 0.748. The van der Waals surface area contributed by atoms with Gasteiger partial charge in [0.05, 0.1) is 23.4 Å². The van der Waals surface area contributed by atoms with Crippen LogP contribution >= 0.6 is 15.9 Å². The number of aromatic nitrogens is 1. The molecule has 0 unspecified atom stereocenters. The molecule has 0 saturated heterocycles. The maximum absolute atomic E-state index is 13.1. The van der Waals surface area contributed by atoms with Gasteiger partial charge in [0.2, 0.25) is 0 Å². The van der Waals surface area contributed by atoms with E-state index in [1.165, 1.54) is 12.3 Å². The Balaban J connectivity index is 2.18. The van der Waals surface area contributed by atoms with Gasteiger partial charge < -0.3 is 10.1 Å². The number of hydrogen-bond donors (Lipinski definition) is 1. The van der Waals surface area contributed by atoms with Crippen molar-refractivity contribution in [1.82, 2.24) is 4.98 Å². The minimum Gasteiger partial charge on any atom is -0.462 e. The molecule has 0 radical (unpaired) electrons. The number of nitrogens with zero attached hydrogens (tertiary/aromatic N) is 1. The average Bonchev–Trinajstić information content (AvgIpc) is 3.30. The van der Waals surface area contributed by atoms with Crippen molar-refractivity contribution < 1.29 is 22.7 Å². The van der Waals surface area contributed by atoms with E-state index in [4.69, 9.17) is 4.74 Å². The molecule has 1 saturated carbocycles. The molecule has 1 aliphatic rings. The summed E-state index contributed by atoms with van der Waals surface area (Å²) in [7, 11) is 0. The summed E-state index contributed by atoms with van der Waals surface area (Å²) in [5, 5.41) is 3.66. The van der Waals surface area contributed by atoms with Crippen LogP contribution in [-0.4, -0.2) is 23.6 Å². The van der Waals surface area contributed by atoms with Crippen molar-refractivity contribution in [3.8, 4) is 0 Å². The SMILES string of the molecule is CCOC(=O)c1cnc2cc(C(F)(F)F)c(Br)cc2c1NC1CC1. The van der Waals surface area contributed by atoms with Crippen molar-refractivity contribution in [2.75, 3.05) is 11.9 Å². The van der Waals surface area contributed by atoms with Crippen molar-refractivity contribution in [3.05, 3.63) is 33.9 Å². The minimum absolute atomic E-state index is 0.0934. The van der Waals surface area contributed by atoms with Gasteiger partial charge in [-0.1, -0.05) is 15.9 Å². The lowest BCUT2D eigenvalue weighted by Gasteiger charge is -2.16. The molecule has 4 nitrogen and oxygen atoms in total. The van der Waals surface area contributed by atoms with Gasteiger partial charge in [-0.2, -0.15) is 13.2 Å². The summed E-state index contributed by atoms with van der Waals surface area (Å²) in [4.78, 5) is 16.2. The van der Waals surface area contributed by atoms with Crippen LogP contribution in [0.2, 0.25) is 0 Å². The molecular weight excluding hydrogens is 389 g/mol. The summed E-state index contributed by atoms with van der Waals surface area (Å²) >= 11 is 2.97. The van der Waals surface area contributed by atoms with E-state index >= 15 is 0 Å². The predicted molar refractivity (Wildman–Crippen MR) is 87.0 cm³/mol. The predicted octanol–water partition coefficient (Wildman–Crippen LogP) is 4.77. The standard InChI is InChI=1S/C16H14BrF3N2O2/c1-2-24-15(23)10-7-21-13-6-11(16(18,19)20)12(17)5-9(13)14(10)22-8-3-4-8/h5-8H,2-4H2,1H3,(H,21,22). The summed E-state index contributed by atoms with van der Waals surface area (Å²) in [5.74, 6) is -0.550. The third-order valence-electron chi connectivity index (χ3n) is 3.68. The molecule has 1 aromatic carbocycles. The fourth-order valence-corrected chi connectivity index (χ4v) is 2.95. The molecule has 2 aromatic rings. The summed E-state index contributed by atoms with van der Waals surface area (Å²) in [6.45, 7) is 1.89. The lowest BCUT2D eigenvalue weighted by Crippen LogP contribution is -2.13. The van der Waals surface area contributed by atoms with E-state index in [2.05, 4.69) is 26.2 Å². The largest absolute Gasteiger partial charge is 0.462 e. The molecule has 1 N–H and O–H groups in total. The Morgan fingerprint density at radius 3 is 2.71 bits per heavy atom. The Hall–Kier alpha value is -1.83. The van der Waals surface area contributed by atoms with Gasteiger partial charge in [-0.3, -0.25) is 4.98 Å². The van der Waals surface area contributed by atoms with Gasteiger partial charge in [0.15, 0.2) is 0 Å². The first-order valence-corrected chi connectivity index (χ1v) is 8.23. The first-order valence-electron chi connectivity index (χ1n) is 7.44. The van der Waals surface area contributed by atoms with Crippen LogP contribution < -0.4 is 5.32 Å². The number of hydrogen-bond acceptors (Lipinski definition) is 4. The highest BCUT2D eigenvalue weighted by atomic mass is 79.9. The van der Waals surface area contributed by atoms with Crippen LogP contribution in [0.25, 0.3) is 10.9 Å². The second-order valence-electron chi connectivity index (χ2n) is 5.53. The molecule has 0 atom stereocenters. The molecule has 0 bridgehead atoms. The number of rotatable bonds is 4. The number of esters is 1. The van der Waals surface area contributed by atoms with Crippen molar-refractivity contribution in [2.45, 2.75) is 32.0 Å². The van der Waals surface area contributed by atoms with E-state index < -0.39 is 17.7 Å². The topological polar surface area (TPSA) is 51.2 Å². The molecule has 1 fully saturated rings.